The van der Waals surface area contributed by atoms with Gasteiger partial charge in [0, 0.05) is 37.4 Å². The summed E-state index contributed by atoms with van der Waals surface area (Å²) in [5.41, 5.74) is 2.86. The number of pyridine rings is 1. The number of anilines is 1. The molecule has 0 saturated carbocycles. The van der Waals surface area contributed by atoms with Gasteiger partial charge in [-0.25, -0.2) is 9.97 Å². The topological polar surface area (TPSA) is 93.4 Å². The maximum absolute atomic E-state index is 12.8. The maximum Gasteiger partial charge on any atom is 0.289 e. The van der Waals surface area contributed by atoms with Gasteiger partial charge in [-0.2, -0.15) is 0 Å². The molecule has 8 nitrogen and oxygen atoms in total. The summed E-state index contributed by atoms with van der Waals surface area (Å²) in [5.74, 6) is 0.408. The predicted octanol–water partition coefficient (Wildman–Crippen LogP) is 2.54. The number of para-hydroxylation sites is 1. The molecule has 0 aliphatic carbocycles. The highest BCUT2D eigenvalue weighted by Crippen LogP contribution is 2.33. The molecule has 1 saturated heterocycles. The van der Waals surface area contributed by atoms with Gasteiger partial charge in [0.05, 0.1) is 13.2 Å². The number of amides is 1. The summed E-state index contributed by atoms with van der Waals surface area (Å²) in [6.45, 7) is 2.93. The molecule has 0 radical (unpaired) electrons. The standard InChI is InChI=1S/C21H19N5O3/c27-21(23-13-14-4-3-7-22-12-14)19-24-17-15-5-1-2-6-16(15)29-18(17)20(25-19)26-8-10-28-11-9-26/h1-7,12H,8-11,13H2,(H,23,27). The van der Waals surface area contributed by atoms with Crippen LogP contribution in [0.1, 0.15) is 16.2 Å². The van der Waals surface area contributed by atoms with Gasteiger partial charge in [0.1, 0.15) is 11.1 Å². The minimum atomic E-state index is -0.337. The first kappa shape index (κ1) is 17.6. The molecule has 29 heavy (non-hydrogen) atoms. The third-order valence-electron chi connectivity index (χ3n) is 4.89. The molecule has 0 atom stereocenters. The van der Waals surface area contributed by atoms with Gasteiger partial charge < -0.3 is 19.4 Å². The van der Waals surface area contributed by atoms with Crippen molar-refractivity contribution in [2.24, 2.45) is 0 Å². The fourth-order valence-corrected chi connectivity index (χ4v) is 3.43. The van der Waals surface area contributed by atoms with Gasteiger partial charge in [0.25, 0.3) is 5.91 Å². The second-order valence-corrected chi connectivity index (χ2v) is 6.79. The van der Waals surface area contributed by atoms with Crippen LogP contribution in [0.3, 0.4) is 0 Å². The molecule has 0 spiro atoms. The molecular formula is C21H19N5O3. The van der Waals surface area contributed by atoms with Crippen LogP contribution in [0.15, 0.2) is 53.2 Å². The number of morpholine rings is 1. The van der Waals surface area contributed by atoms with Crippen LogP contribution in [0.5, 0.6) is 0 Å². The summed E-state index contributed by atoms with van der Waals surface area (Å²) in [5, 5.41) is 3.73. The lowest BCUT2D eigenvalue weighted by molar-refractivity contribution is 0.0940. The quantitative estimate of drug-likeness (QED) is 0.573. The van der Waals surface area contributed by atoms with E-state index in [-0.39, 0.29) is 11.7 Å². The van der Waals surface area contributed by atoms with Gasteiger partial charge in [-0.05, 0) is 23.8 Å². The lowest BCUT2D eigenvalue weighted by atomic mass is 10.2. The molecule has 1 aliphatic rings. The van der Waals surface area contributed by atoms with Crippen LogP contribution in [0.4, 0.5) is 5.82 Å². The van der Waals surface area contributed by atoms with E-state index in [0.29, 0.717) is 49.8 Å². The van der Waals surface area contributed by atoms with Crippen molar-refractivity contribution in [1.82, 2.24) is 20.3 Å². The van der Waals surface area contributed by atoms with E-state index in [4.69, 9.17) is 9.15 Å². The maximum atomic E-state index is 12.8. The van der Waals surface area contributed by atoms with Crippen LogP contribution < -0.4 is 10.2 Å². The average Bonchev–Trinajstić information content (AvgIpc) is 3.17. The molecule has 5 rings (SSSR count). The van der Waals surface area contributed by atoms with E-state index in [9.17, 15) is 4.79 Å². The van der Waals surface area contributed by atoms with Crippen LogP contribution in [-0.2, 0) is 11.3 Å². The zero-order valence-electron chi connectivity index (χ0n) is 15.7. The number of hydrogen-bond acceptors (Lipinski definition) is 7. The Morgan fingerprint density at radius 2 is 1.97 bits per heavy atom. The molecule has 3 aromatic heterocycles. The SMILES string of the molecule is O=C(NCc1cccnc1)c1nc(N2CCOCC2)c2oc3ccccc3c2n1. The summed E-state index contributed by atoms with van der Waals surface area (Å²) < 4.78 is 11.5. The highest BCUT2D eigenvalue weighted by Gasteiger charge is 2.23. The first-order valence-corrected chi connectivity index (χ1v) is 9.49. The Kier molecular flexibility index (Phi) is 4.53. The largest absolute Gasteiger partial charge is 0.450 e. The Hall–Kier alpha value is -3.52. The van der Waals surface area contributed by atoms with Crippen LogP contribution in [-0.4, -0.2) is 47.2 Å². The number of fused-ring (bicyclic) bond motifs is 3. The number of carbonyl (C=O) groups is 1. The van der Waals surface area contributed by atoms with Crippen LogP contribution in [0.2, 0.25) is 0 Å². The fraction of sp³-hybridized carbons (Fsp3) is 0.238. The Balaban J connectivity index is 1.55. The van der Waals surface area contributed by atoms with Gasteiger partial charge in [-0.3, -0.25) is 9.78 Å². The second kappa shape index (κ2) is 7.48. The van der Waals surface area contributed by atoms with E-state index < -0.39 is 0 Å². The number of rotatable bonds is 4. The summed E-state index contributed by atoms with van der Waals surface area (Å²) >= 11 is 0. The van der Waals surface area contributed by atoms with Gasteiger partial charge in [-0.15, -0.1) is 0 Å². The third-order valence-corrected chi connectivity index (χ3v) is 4.89. The van der Waals surface area contributed by atoms with Crippen LogP contribution in [0, 0.1) is 0 Å². The van der Waals surface area contributed by atoms with Gasteiger partial charge in [0.15, 0.2) is 11.4 Å². The van der Waals surface area contributed by atoms with Crippen LogP contribution in [0.25, 0.3) is 22.1 Å². The number of carbonyl (C=O) groups excluding carboxylic acids is 1. The summed E-state index contributed by atoms with van der Waals surface area (Å²) in [4.78, 5) is 28.1. The van der Waals surface area contributed by atoms with Crippen LogP contribution >= 0.6 is 0 Å². The highest BCUT2D eigenvalue weighted by atomic mass is 16.5. The first-order chi connectivity index (χ1) is 14.3. The van der Waals surface area contributed by atoms with E-state index in [0.717, 1.165) is 16.5 Å². The zero-order chi connectivity index (χ0) is 19.6. The first-order valence-electron chi connectivity index (χ1n) is 9.49. The van der Waals surface area contributed by atoms with Crippen molar-refractivity contribution in [2.75, 3.05) is 31.2 Å². The van der Waals surface area contributed by atoms with Crippen molar-refractivity contribution in [2.45, 2.75) is 6.54 Å². The van der Waals surface area contributed by atoms with Gasteiger partial charge in [-0.1, -0.05) is 18.2 Å². The Bertz CT molecular complexity index is 1170. The summed E-state index contributed by atoms with van der Waals surface area (Å²) in [6.07, 6.45) is 3.41. The van der Waals surface area contributed by atoms with Crippen molar-refractivity contribution in [3.05, 3.63) is 60.2 Å². The molecule has 0 bridgehead atoms. The van der Waals surface area contributed by atoms with E-state index in [1.165, 1.54) is 0 Å². The van der Waals surface area contributed by atoms with E-state index in [1.807, 2.05) is 36.4 Å². The smallest absolute Gasteiger partial charge is 0.289 e. The van der Waals surface area contributed by atoms with Crippen molar-refractivity contribution in [1.29, 1.82) is 0 Å². The molecule has 1 aliphatic heterocycles. The molecule has 1 fully saturated rings. The number of hydrogen-bond donors (Lipinski definition) is 1. The molecular weight excluding hydrogens is 370 g/mol. The molecule has 1 aromatic carbocycles. The number of nitrogens with one attached hydrogen (secondary N) is 1. The Labute approximate surface area is 166 Å². The van der Waals surface area contributed by atoms with Crippen molar-refractivity contribution >= 4 is 33.8 Å². The molecule has 4 aromatic rings. The predicted molar refractivity (Wildman–Crippen MR) is 108 cm³/mol. The number of nitrogens with zero attached hydrogens (tertiary/aromatic N) is 4. The van der Waals surface area contributed by atoms with Crippen molar-refractivity contribution in [3.8, 4) is 0 Å². The van der Waals surface area contributed by atoms with Crippen molar-refractivity contribution < 1.29 is 13.9 Å². The Morgan fingerprint density at radius 3 is 2.79 bits per heavy atom. The zero-order valence-corrected chi connectivity index (χ0v) is 15.7. The minimum Gasteiger partial charge on any atom is -0.450 e. The van der Waals surface area contributed by atoms with E-state index in [1.54, 1.807) is 12.4 Å². The molecule has 1 amide bonds. The molecule has 4 heterocycles. The number of furan rings is 1. The molecule has 1 N–H and O–H groups in total. The second-order valence-electron chi connectivity index (χ2n) is 6.79. The van der Waals surface area contributed by atoms with Gasteiger partial charge >= 0.3 is 0 Å². The lowest BCUT2D eigenvalue weighted by Crippen LogP contribution is -2.37. The van der Waals surface area contributed by atoms with Gasteiger partial charge in [0.2, 0.25) is 5.82 Å². The fourth-order valence-electron chi connectivity index (χ4n) is 3.43. The molecule has 146 valence electrons. The molecule has 0 unspecified atom stereocenters. The lowest BCUT2D eigenvalue weighted by Gasteiger charge is -2.27. The number of ether oxygens (including phenoxy) is 1. The Morgan fingerprint density at radius 1 is 1.10 bits per heavy atom. The summed E-state index contributed by atoms with van der Waals surface area (Å²) in [6, 6.07) is 11.4. The van der Waals surface area contributed by atoms with E-state index >= 15 is 0 Å². The monoisotopic (exact) mass is 389 g/mol. The minimum absolute atomic E-state index is 0.120. The average molecular weight is 389 g/mol. The van der Waals surface area contributed by atoms with E-state index in [2.05, 4.69) is 25.2 Å². The third kappa shape index (κ3) is 3.38. The summed E-state index contributed by atoms with van der Waals surface area (Å²) in [7, 11) is 0. The number of benzene rings is 1. The highest BCUT2D eigenvalue weighted by molar-refractivity contribution is 6.07. The molecule has 8 heteroatoms. The van der Waals surface area contributed by atoms with Crippen molar-refractivity contribution in [3.63, 3.8) is 0 Å². The normalized spacial score (nSPS) is 14.4. The number of aromatic nitrogens is 3.